The van der Waals surface area contributed by atoms with Crippen molar-refractivity contribution in [3.63, 3.8) is 0 Å². The number of rotatable bonds is 1. The molecule has 0 fully saturated rings. The summed E-state index contributed by atoms with van der Waals surface area (Å²) in [7, 11) is 1.38. The summed E-state index contributed by atoms with van der Waals surface area (Å²) in [6.07, 6.45) is 0. The van der Waals surface area contributed by atoms with Gasteiger partial charge in [0, 0.05) is 11.6 Å². The molecule has 3 N–H and O–H groups in total. The van der Waals surface area contributed by atoms with Gasteiger partial charge in [-0.05, 0) is 25.5 Å². The largest absolute Gasteiger partial charge is 0.465 e. The number of hydrogen-bond acceptors (Lipinski definition) is 2. The molecule has 0 saturated heterocycles. The molecule has 0 bridgehead atoms. The summed E-state index contributed by atoms with van der Waals surface area (Å²) in [5.74, 6) is -0.303. The van der Waals surface area contributed by atoms with Crippen LogP contribution in [-0.2, 0) is 4.74 Å². The fourth-order valence-corrected chi connectivity index (χ4v) is 1.23. The van der Waals surface area contributed by atoms with Crippen molar-refractivity contribution in [2.45, 2.75) is 13.8 Å². The second-order valence-corrected chi connectivity index (χ2v) is 3.09. The lowest BCUT2D eigenvalue weighted by atomic mass is 10.0. The fraction of sp³-hybridized carbons (Fsp3) is 0.300. The van der Waals surface area contributed by atoms with E-state index >= 15 is 0 Å². The highest BCUT2D eigenvalue weighted by atomic mass is 16.5. The third-order valence-corrected chi connectivity index (χ3v) is 2.09. The smallest absolute Gasteiger partial charge is 0.338 e. The Morgan fingerprint density at radius 3 is 2.46 bits per heavy atom. The van der Waals surface area contributed by atoms with Crippen molar-refractivity contribution < 1.29 is 15.3 Å². The first-order valence-electron chi connectivity index (χ1n) is 4.07. The fourth-order valence-electron chi connectivity index (χ4n) is 1.23. The van der Waals surface area contributed by atoms with Gasteiger partial charge in [0.05, 0.1) is 12.7 Å². The minimum absolute atomic E-state index is 0.303. The number of benzene rings is 1. The van der Waals surface area contributed by atoms with E-state index in [4.69, 9.17) is 0 Å². The van der Waals surface area contributed by atoms with Gasteiger partial charge in [-0.25, -0.2) is 4.79 Å². The summed E-state index contributed by atoms with van der Waals surface area (Å²) >= 11 is 0. The zero-order valence-electron chi connectivity index (χ0n) is 8.18. The van der Waals surface area contributed by atoms with E-state index in [0.29, 0.717) is 5.56 Å². The maximum atomic E-state index is 11.2. The zero-order chi connectivity index (χ0) is 10.0. The number of carbonyl (C=O) groups is 1. The second-order valence-electron chi connectivity index (χ2n) is 3.09. The van der Waals surface area contributed by atoms with E-state index in [-0.39, 0.29) is 5.97 Å². The van der Waals surface area contributed by atoms with Crippen molar-refractivity contribution in [3.05, 3.63) is 28.8 Å². The lowest BCUT2D eigenvalue weighted by Gasteiger charge is -2.05. The van der Waals surface area contributed by atoms with Crippen LogP contribution in [-0.4, -0.2) is 13.1 Å². The minimum Gasteiger partial charge on any atom is -0.465 e. The van der Waals surface area contributed by atoms with Gasteiger partial charge in [0.15, 0.2) is 0 Å². The Hall–Kier alpha value is -1.35. The normalized spacial score (nSPS) is 9.85. The Morgan fingerprint density at radius 2 is 1.92 bits per heavy atom. The lowest BCUT2D eigenvalue weighted by Crippen LogP contribution is -2.41. The Bertz CT molecular complexity index is 345. The molecule has 0 amide bonds. The monoisotopic (exact) mass is 180 g/mol. The first-order valence-corrected chi connectivity index (χ1v) is 4.07. The Labute approximate surface area is 77.5 Å². The summed E-state index contributed by atoms with van der Waals surface area (Å²) in [6.45, 7) is 3.86. The Balaban J connectivity index is 3.23. The second kappa shape index (κ2) is 3.58. The van der Waals surface area contributed by atoms with Crippen molar-refractivity contribution in [3.8, 4) is 0 Å². The van der Waals surface area contributed by atoms with E-state index in [0.717, 1.165) is 16.8 Å². The van der Waals surface area contributed by atoms with Crippen LogP contribution in [0.1, 0.15) is 21.5 Å². The molecule has 0 atom stereocenters. The number of aryl methyl sites for hydroxylation is 2. The molecule has 70 valence electrons. The molecule has 1 rings (SSSR count). The van der Waals surface area contributed by atoms with Gasteiger partial charge >= 0.3 is 5.97 Å². The third kappa shape index (κ3) is 1.87. The topological polar surface area (TPSA) is 53.9 Å². The van der Waals surface area contributed by atoms with E-state index in [1.807, 2.05) is 19.9 Å². The van der Waals surface area contributed by atoms with Crippen molar-refractivity contribution in [2.24, 2.45) is 0 Å². The number of methoxy groups -OCH3 is 1. The van der Waals surface area contributed by atoms with Gasteiger partial charge in [0.1, 0.15) is 5.69 Å². The van der Waals surface area contributed by atoms with Crippen molar-refractivity contribution in [1.29, 1.82) is 0 Å². The number of ether oxygens (including phenoxy) is 1. The highest BCUT2D eigenvalue weighted by Crippen LogP contribution is 2.16. The average Bonchev–Trinajstić information content (AvgIpc) is 2.10. The summed E-state index contributed by atoms with van der Waals surface area (Å²) in [5, 5.41) is 0. The number of esters is 1. The molecule has 0 spiro atoms. The standard InChI is InChI=1S/C10H13NO2/c1-6-4-7(2)9(11)5-8(6)10(12)13-3/h4-5H,11H2,1-3H3/p+1. The molecule has 0 aliphatic rings. The summed E-state index contributed by atoms with van der Waals surface area (Å²) in [5.41, 5.74) is 7.31. The SMILES string of the molecule is COC(=O)c1cc([NH3+])c(C)cc1C. The molecule has 0 heterocycles. The van der Waals surface area contributed by atoms with E-state index in [9.17, 15) is 4.79 Å². The molecule has 1 aromatic rings. The van der Waals surface area contributed by atoms with Gasteiger partial charge in [-0.3, -0.25) is 0 Å². The van der Waals surface area contributed by atoms with Gasteiger partial charge in [-0.15, -0.1) is 0 Å². The van der Waals surface area contributed by atoms with Gasteiger partial charge in [0.2, 0.25) is 0 Å². The van der Waals surface area contributed by atoms with Crippen molar-refractivity contribution >= 4 is 11.7 Å². The quantitative estimate of drug-likeness (QED) is 0.654. The molecule has 13 heavy (non-hydrogen) atoms. The lowest BCUT2D eigenvalue weighted by molar-refractivity contribution is -0.255. The van der Waals surface area contributed by atoms with Gasteiger partial charge in [0.25, 0.3) is 0 Å². The number of hydrogen-bond donors (Lipinski definition) is 1. The molecule has 0 aliphatic heterocycles. The summed E-state index contributed by atoms with van der Waals surface area (Å²) in [6, 6.07) is 3.70. The highest BCUT2D eigenvalue weighted by molar-refractivity contribution is 5.91. The predicted octanol–water partition coefficient (Wildman–Crippen LogP) is 0.963. The first-order chi connectivity index (χ1) is 6.06. The van der Waals surface area contributed by atoms with Crippen LogP contribution in [0.25, 0.3) is 0 Å². The number of carbonyl (C=O) groups excluding carboxylic acids is 1. The van der Waals surface area contributed by atoms with Crippen LogP contribution in [0.2, 0.25) is 0 Å². The summed E-state index contributed by atoms with van der Waals surface area (Å²) in [4.78, 5) is 11.2. The maximum absolute atomic E-state index is 11.2. The molecule has 3 nitrogen and oxygen atoms in total. The van der Waals surface area contributed by atoms with Crippen LogP contribution in [0, 0.1) is 13.8 Å². The van der Waals surface area contributed by atoms with Crippen molar-refractivity contribution in [2.75, 3.05) is 7.11 Å². The molecular weight excluding hydrogens is 166 g/mol. The first kappa shape index (κ1) is 9.74. The van der Waals surface area contributed by atoms with E-state index < -0.39 is 0 Å². The van der Waals surface area contributed by atoms with Crippen LogP contribution < -0.4 is 5.73 Å². The highest BCUT2D eigenvalue weighted by Gasteiger charge is 2.11. The van der Waals surface area contributed by atoms with Gasteiger partial charge in [-0.1, -0.05) is 0 Å². The Morgan fingerprint density at radius 1 is 1.31 bits per heavy atom. The molecule has 1 aromatic carbocycles. The van der Waals surface area contributed by atoms with Crippen LogP contribution >= 0.6 is 0 Å². The maximum Gasteiger partial charge on any atom is 0.338 e. The zero-order valence-corrected chi connectivity index (χ0v) is 8.18. The molecule has 0 saturated carbocycles. The van der Waals surface area contributed by atoms with E-state index in [1.165, 1.54) is 7.11 Å². The average molecular weight is 180 g/mol. The molecular formula is C10H14NO2+. The van der Waals surface area contributed by atoms with Crippen molar-refractivity contribution in [1.82, 2.24) is 0 Å². The van der Waals surface area contributed by atoms with Gasteiger partial charge in [-0.2, -0.15) is 0 Å². The van der Waals surface area contributed by atoms with Crippen LogP contribution in [0.4, 0.5) is 5.69 Å². The van der Waals surface area contributed by atoms with E-state index in [1.54, 1.807) is 6.07 Å². The predicted molar refractivity (Wildman–Crippen MR) is 49.8 cm³/mol. The molecule has 0 unspecified atom stereocenters. The van der Waals surface area contributed by atoms with Crippen LogP contribution in [0.15, 0.2) is 12.1 Å². The molecule has 0 radical (unpaired) electrons. The van der Waals surface area contributed by atoms with E-state index in [2.05, 4.69) is 10.5 Å². The molecule has 3 heteroatoms. The molecule has 0 aliphatic carbocycles. The molecule has 0 aromatic heterocycles. The van der Waals surface area contributed by atoms with Crippen LogP contribution in [0.5, 0.6) is 0 Å². The minimum atomic E-state index is -0.303. The van der Waals surface area contributed by atoms with Crippen LogP contribution in [0.3, 0.4) is 0 Å². The Kier molecular flexibility index (Phi) is 2.68. The third-order valence-electron chi connectivity index (χ3n) is 2.09. The number of quaternary nitrogens is 1. The van der Waals surface area contributed by atoms with Gasteiger partial charge < -0.3 is 10.5 Å². The summed E-state index contributed by atoms with van der Waals surface area (Å²) < 4.78 is 4.65.